The molecule has 0 heterocycles. The van der Waals surface area contributed by atoms with Crippen molar-refractivity contribution in [2.45, 2.75) is 19.2 Å². The highest BCUT2D eigenvalue weighted by Crippen LogP contribution is 2.37. The highest BCUT2D eigenvalue weighted by atomic mass is 35.5. The van der Waals surface area contributed by atoms with Crippen LogP contribution in [0.1, 0.15) is 27.6 Å². The van der Waals surface area contributed by atoms with Crippen LogP contribution in [0.5, 0.6) is 0 Å². The number of rotatable bonds is 2. The molecule has 18 heavy (non-hydrogen) atoms. The minimum atomic E-state index is -0.280. The first kappa shape index (κ1) is 13.7. The van der Waals surface area contributed by atoms with E-state index in [1.165, 1.54) is 0 Å². The second-order valence-corrected chi connectivity index (χ2v) is 5.61. The summed E-state index contributed by atoms with van der Waals surface area (Å²) in [6.45, 7) is 4.10. The van der Waals surface area contributed by atoms with Crippen LogP contribution in [0.4, 0.5) is 0 Å². The molecular weight excluding hydrogens is 287 g/mol. The highest BCUT2D eigenvalue weighted by Gasteiger charge is 2.18. The minimum absolute atomic E-state index is 0.280. The Kier molecular flexibility index (Phi) is 4.21. The van der Waals surface area contributed by atoms with E-state index >= 15 is 0 Å². The zero-order valence-electron chi connectivity index (χ0n) is 10.2. The van der Waals surface area contributed by atoms with E-state index < -0.39 is 0 Å². The molecule has 0 nitrogen and oxygen atoms in total. The Balaban J connectivity index is 2.54. The fourth-order valence-corrected chi connectivity index (χ4v) is 3.08. The standard InChI is InChI=1S/C15H13Cl3/c1-9-4-3-5-10(2)14(9)15(18)12-8-11(16)6-7-13(12)17/h3-8,15H,1-2H3. The number of hydrogen-bond donors (Lipinski definition) is 0. The fourth-order valence-electron chi connectivity index (χ4n) is 2.09. The number of alkyl halides is 1. The zero-order valence-corrected chi connectivity index (χ0v) is 12.4. The topological polar surface area (TPSA) is 0 Å². The predicted octanol–water partition coefficient (Wildman–Crippen LogP) is 5.94. The van der Waals surface area contributed by atoms with Crippen molar-refractivity contribution in [2.75, 3.05) is 0 Å². The maximum Gasteiger partial charge on any atom is 0.0855 e. The van der Waals surface area contributed by atoms with Gasteiger partial charge in [-0.2, -0.15) is 0 Å². The molecule has 3 heteroatoms. The lowest BCUT2D eigenvalue weighted by Gasteiger charge is -2.17. The van der Waals surface area contributed by atoms with Gasteiger partial charge in [0.15, 0.2) is 0 Å². The van der Waals surface area contributed by atoms with Crippen molar-refractivity contribution >= 4 is 34.8 Å². The number of halogens is 3. The van der Waals surface area contributed by atoms with Gasteiger partial charge < -0.3 is 0 Å². The fraction of sp³-hybridized carbons (Fsp3) is 0.200. The van der Waals surface area contributed by atoms with Gasteiger partial charge in [0.25, 0.3) is 0 Å². The van der Waals surface area contributed by atoms with Crippen LogP contribution in [0.15, 0.2) is 36.4 Å². The molecule has 0 aliphatic rings. The van der Waals surface area contributed by atoms with Crippen molar-refractivity contribution in [1.82, 2.24) is 0 Å². The molecule has 2 aromatic rings. The van der Waals surface area contributed by atoms with Gasteiger partial charge in [-0.3, -0.25) is 0 Å². The second-order valence-electron chi connectivity index (χ2n) is 4.33. The summed E-state index contributed by atoms with van der Waals surface area (Å²) in [5.41, 5.74) is 4.27. The third-order valence-corrected chi connectivity index (χ3v) is 4.06. The first-order valence-corrected chi connectivity index (χ1v) is 6.85. The van der Waals surface area contributed by atoms with Gasteiger partial charge in [0.2, 0.25) is 0 Å². The van der Waals surface area contributed by atoms with Crippen LogP contribution in [0, 0.1) is 13.8 Å². The average molecular weight is 300 g/mol. The van der Waals surface area contributed by atoms with E-state index in [1.54, 1.807) is 12.1 Å². The van der Waals surface area contributed by atoms with Crippen molar-refractivity contribution in [1.29, 1.82) is 0 Å². The van der Waals surface area contributed by atoms with Crippen LogP contribution in [0.3, 0.4) is 0 Å². The molecule has 0 aliphatic heterocycles. The van der Waals surface area contributed by atoms with E-state index in [9.17, 15) is 0 Å². The molecule has 0 bridgehead atoms. The monoisotopic (exact) mass is 298 g/mol. The smallest absolute Gasteiger partial charge is 0.0855 e. The number of hydrogen-bond acceptors (Lipinski definition) is 0. The van der Waals surface area contributed by atoms with E-state index in [0.29, 0.717) is 10.0 Å². The van der Waals surface area contributed by atoms with Gasteiger partial charge in [-0.15, -0.1) is 11.6 Å². The molecule has 1 atom stereocenters. The summed E-state index contributed by atoms with van der Waals surface area (Å²) in [4.78, 5) is 0. The SMILES string of the molecule is Cc1cccc(C)c1C(Cl)c1cc(Cl)ccc1Cl. The summed E-state index contributed by atoms with van der Waals surface area (Å²) in [6, 6.07) is 11.5. The van der Waals surface area contributed by atoms with Crippen molar-refractivity contribution in [3.05, 3.63) is 68.7 Å². The Bertz CT molecular complexity index is 556. The summed E-state index contributed by atoms with van der Waals surface area (Å²) < 4.78 is 0. The zero-order chi connectivity index (χ0) is 13.3. The molecule has 0 aliphatic carbocycles. The van der Waals surface area contributed by atoms with E-state index in [1.807, 2.05) is 12.1 Å². The Morgan fingerprint density at radius 3 is 2.17 bits per heavy atom. The van der Waals surface area contributed by atoms with Crippen molar-refractivity contribution in [3.8, 4) is 0 Å². The lowest BCUT2D eigenvalue weighted by atomic mass is 9.95. The summed E-state index contributed by atoms with van der Waals surface area (Å²) in [5.74, 6) is 0. The normalized spacial score (nSPS) is 12.5. The lowest BCUT2D eigenvalue weighted by Crippen LogP contribution is -2.00. The lowest BCUT2D eigenvalue weighted by molar-refractivity contribution is 1.08. The molecule has 0 saturated heterocycles. The van der Waals surface area contributed by atoms with Crippen LogP contribution in [0.2, 0.25) is 10.0 Å². The van der Waals surface area contributed by atoms with Gasteiger partial charge >= 0.3 is 0 Å². The largest absolute Gasteiger partial charge is 0.113 e. The first-order valence-electron chi connectivity index (χ1n) is 5.66. The van der Waals surface area contributed by atoms with Crippen molar-refractivity contribution in [3.63, 3.8) is 0 Å². The van der Waals surface area contributed by atoms with Crippen LogP contribution >= 0.6 is 34.8 Å². The Morgan fingerprint density at radius 2 is 1.56 bits per heavy atom. The van der Waals surface area contributed by atoms with Crippen LogP contribution < -0.4 is 0 Å². The molecule has 2 rings (SSSR count). The summed E-state index contributed by atoms with van der Waals surface area (Å²) in [5, 5.41) is 1.01. The number of aryl methyl sites for hydroxylation is 2. The molecule has 0 amide bonds. The van der Waals surface area contributed by atoms with E-state index in [-0.39, 0.29) is 5.38 Å². The maximum absolute atomic E-state index is 6.58. The third-order valence-electron chi connectivity index (χ3n) is 3.03. The molecule has 0 spiro atoms. The van der Waals surface area contributed by atoms with Crippen LogP contribution in [-0.2, 0) is 0 Å². The Morgan fingerprint density at radius 1 is 0.944 bits per heavy atom. The summed E-state index contributed by atoms with van der Waals surface area (Å²) >= 11 is 18.8. The molecule has 0 aromatic heterocycles. The molecule has 94 valence electrons. The first-order chi connectivity index (χ1) is 8.50. The van der Waals surface area contributed by atoms with E-state index in [0.717, 1.165) is 22.3 Å². The second kappa shape index (κ2) is 5.52. The molecule has 0 N–H and O–H groups in total. The van der Waals surface area contributed by atoms with Crippen LogP contribution in [0.25, 0.3) is 0 Å². The molecule has 2 aromatic carbocycles. The van der Waals surface area contributed by atoms with Gasteiger partial charge in [0.1, 0.15) is 0 Å². The molecule has 1 unspecified atom stereocenters. The van der Waals surface area contributed by atoms with Gasteiger partial charge in [-0.1, -0.05) is 41.4 Å². The molecular formula is C15H13Cl3. The van der Waals surface area contributed by atoms with Crippen molar-refractivity contribution in [2.24, 2.45) is 0 Å². The quantitative estimate of drug-likeness (QED) is 0.602. The highest BCUT2D eigenvalue weighted by molar-refractivity contribution is 6.35. The van der Waals surface area contributed by atoms with Crippen LogP contribution in [-0.4, -0.2) is 0 Å². The van der Waals surface area contributed by atoms with Gasteiger partial charge in [0.05, 0.1) is 5.38 Å². The third kappa shape index (κ3) is 2.66. The number of benzene rings is 2. The molecule has 0 fully saturated rings. The maximum atomic E-state index is 6.58. The van der Waals surface area contributed by atoms with E-state index in [2.05, 4.69) is 26.0 Å². The Labute approximate surface area is 122 Å². The van der Waals surface area contributed by atoms with Crippen molar-refractivity contribution < 1.29 is 0 Å². The average Bonchev–Trinajstić information content (AvgIpc) is 2.32. The molecule has 0 saturated carbocycles. The molecule has 0 radical (unpaired) electrons. The van der Waals surface area contributed by atoms with Gasteiger partial charge in [-0.05, 0) is 54.3 Å². The Hall–Kier alpha value is -0.690. The van der Waals surface area contributed by atoms with Gasteiger partial charge in [-0.25, -0.2) is 0 Å². The minimum Gasteiger partial charge on any atom is -0.113 e. The predicted molar refractivity (Wildman–Crippen MR) is 80.1 cm³/mol. The summed E-state index contributed by atoms with van der Waals surface area (Å²) in [6.07, 6.45) is 0. The van der Waals surface area contributed by atoms with E-state index in [4.69, 9.17) is 34.8 Å². The summed E-state index contributed by atoms with van der Waals surface area (Å²) in [7, 11) is 0. The van der Waals surface area contributed by atoms with Gasteiger partial charge in [0, 0.05) is 10.0 Å².